The molecule has 2 aromatic carbocycles. The Kier molecular flexibility index (Phi) is 9.40. The van der Waals surface area contributed by atoms with E-state index in [2.05, 4.69) is 27.5 Å². The molecule has 1 aromatic heterocycles. The van der Waals surface area contributed by atoms with Gasteiger partial charge in [-0.2, -0.15) is 18.2 Å². The van der Waals surface area contributed by atoms with Gasteiger partial charge in [-0.15, -0.1) is 0 Å². The number of nitrogens with one attached hydrogen (secondary N) is 2. The summed E-state index contributed by atoms with van der Waals surface area (Å²) < 4.78 is 55.8. The van der Waals surface area contributed by atoms with Crippen LogP contribution in [-0.4, -0.2) is 40.1 Å². The molecule has 2 N–H and O–H groups in total. The van der Waals surface area contributed by atoms with Crippen LogP contribution in [0, 0.1) is 5.92 Å². The summed E-state index contributed by atoms with van der Waals surface area (Å²) in [6.45, 7) is 6.70. The van der Waals surface area contributed by atoms with Crippen LogP contribution in [0.1, 0.15) is 92.3 Å². The van der Waals surface area contributed by atoms with Gasteiger partial charge in [0.15, 0.2) is 0 Å². The van der Waals surface area contributed by atoms with E-state index in [4.69, 9.17) is 0 Å². The van der Waals surface area contributed by atoms with Gasteiger partial charge in [-0.25, -0.2) is 4.98 Å². The summed E-state index contributed by atoms with van der Waals surface area (Å²) >= 11 is 0. The van der Waals surface area contributed by atoms with Crippen molar-refractivity contribution in [1.82, 2.24) is 14.9 Å². The highest BCUT2D eigenvalue weighted by atomic mass is 31.2. The van der Waals surface area contributed by atoms with E-state index in [1.54, 1.807) is 42.3 Å². The average molecular weight is 628 g/mol. The number of amides is 1. The van der Waals surface area contributed by atoms with Crippen molar-refractivity contribution in [2.45, 2.75) is 77.9 Å². The summed E-state index contributed by atoms with van der Waals surface area (Å²) in [5, 5.41) is 6.63. The van der Waals surface area contributed by atoms with Gasteiger partial charge in [0, 0.05) is 43.1 Å². The molecule has 0 saturated heterocycles. The fourth-order valence-electron chi connectivity index (χ4n) is 6.55. The molecule has 0 spiro atoms. The monoisotopic (exact) mass is 627 g/mol. The highest BCUT2D eigenvalue weighted by molar-refractivity contribution is 7.71. The fraction of sp³-hybridized carbons (Fsp3) is 0.485. The molecule has 2 aliphatic rings. The lowest BCUT2D eigenvalue weighted by Gasteiger charge is -2.28. The maximum absolute atomic E-state index is 14.1. The predicted molar refractivity (Wildman–Crippen MR) is 170 cm³/mol. The van der Waals surface area contributed by atoms with Crippen molar-refractivity contribution in [1.29, 1.82) is 0 Å². The van der Waals surface area contributed by atoms with Gasteiger partial charge in [0.1, 0.15) is 18.5 Å². The highest BCUT2D eigenvalue weighted by Crippen LogP contribution is 2.46. The predicted octanol–water partition coefficient (Wildman–Crippen LogP) is 8.67. The Morgan fingerprint density at radius 1 is 0.977 bits per heavy atom. The lowest BCUT2D eigenvalue weighted by molar-refractivity contribution is -0.137. The van der Waals surface area contributed by atoms with Gasteiger partial charge in [0.2, 0.25) is 5.95 Å². The summed E-state index contributed by atoms with van der Waals surface area (Å²) in [6.07, 6.45) is 3.24. The molecule has 0 atom stereocenters. The van der Waals surface area contributed by atoms with Crippen LogP contribution in [0.2, 0.25) is 0 Å². The largest absolute Gasteiger partial charge is 0.421 e. The number of rotatable bonds is 10. The Balaban J connectivity index is 1.45. The molecule has 0 unspecified atom stereocenters. The Hall–Kier alpha value is -3.39. The van der Waals surface area contributed by atoms with Crippen molar-refractivity contribution in [2.24, 2.45) is 5.92 Å². The van der Waals surface area contributed by atoms with E-state index < -0.39 is 24.7 Å². The zero-order valence-corrected chi connectivity index (χ0v) is 26.7. The van der Waals surface area contributed by atoms with E-state index in [9.17, 15) is 22.5 Å². The summed E-state index contributed by atoms with van der Waals surface area (Å²) in [5.74, 6) is 0.307. The van der Waals surface area contributed by atoms with E-state index in [0.717, 1.165) is 61.2 Å². The third-order valence-corrected chi connectivity index (χ3v) is 12.5. The molecule has 11 heteroatoms. The van der Waals surface area contributed by atoms with Gasteiger partial charge in [-0.05, 0) is 79.0 Å². The smallest absolute Gasteiger partial charge is 0.339 e. The zero-order valence-electron chi connectivity index (χ0n) is 25.8. The minimum Gasteiger partial charge on any atom is -0.339 e. The van der Waals surface area contributed by atoms with Crippen molar-refractivity contribution in [3.63, 3.8) is 0 Å². The second-order valence-corrected chi connectivity index (χ2v) is 15.5. The van der Waals surface area contributed by atoms with E-state index in [-0.39, 0.29) is 11.9 Å². The fourth-order valence-corrected chi connectivity index (χ4v) is 9.42. The van der Waals surface area contributed by atoms with Crippen LogP contribution in [0.25, 0.3) is 0 Å². The van der Waals surface area contributed by atoms with E-state index in [0.29, 0.717) is 47.6 Å². The molecule has 7 nitrogen and oxygen atoms in total. The third kappa shape index (κ3) is 6.65. The summed E-state index contributed by atoms with van der Waals surface area (Å²) in [6, 6.07) is 10.8. The third-order valence-electron chi connectivity index (χ3n) is 8.87. The zero-order chi connectivity index (χ0) is 31.6. The number of fused-ring (bicyclic) bond motifs is 1. The lowest BCUT2D eigenvalue weighted by Crippen LogP contribution is -2.18. The van der Waals surface area contributed by atoms with Gasteiger partial charge >= 0.3 is 6.18 Å². The maximum Gasteiger partial charge on any atom is 0.421 e. The number of carbonyl (C=O) groups is 1. The van der Waals surface area contributed by atoms with Gasteiger partial charge in [0.05, 0.1) is 11.3 Å². The molecule has 236 valence electrons. The number of aromatic nitrogens is 2. The van der Waals surface area contributed by atoms with Gasteiger partial charge < -0.3 is 20.1 Å². The van der Waals surface area contributed by atoms with Gasteiger partial charge in [-0.3, -0.25) is 4.79 Å². The van der Waals surface area contributed by atoms with Gasteiger partial charge in [-0.1, -0.05) is 39.7 Å². The number of benzene rings is 2. The molecule has 5 rings (SSSR count). The quantitative estimate of drug-likeness (QED) is 0.219. The van der Waals surface area contributed by atoms with Crippen molar-refractivity contribution >= 4 is 41.5 Å². The molecule has 3 aromatic rings. The highest BCUT2D eigenvalue weighted by Gasteiger charge is 2.37. The Morgan fingerprint density at radius 3 is 2.25 bits per heavy atom. The van der Waals surface area contributed by atoms with Crippen LogP contribution in [0.3, 0.4) is 0 Å². The van der Waals surface area contributed by atoms with Gasteiger partial charge in [0.25, 0.3) is 5.91 Å². The van der Waals surface area contributed by atoms with E-state index >= 15 is 0 Å². The maximum atomic E-state index is 14.1. The number of halogens is 3. The van der Waals surface area contributed by atoms with Crippen LogP contribution in [0.15, 0.2) is 42.6 Å². The standard InChI is InChI=1S/C33H41F3N5O2P/c1-5-17-44(43,18-6-2)24-13-11-23(12-14-24)38-32-37-19-27(33(34,35)36)30(40-32)39-28-16-15-25(22-9-7-21(3)8-10-22)26-20-41(4)31(42)29(26)28/h11-16,19,21-22H,5-10,17-18,20H2,1-4H3,(H2,37,38,39,40). The first-order chi connectivity index (χ1) is 20.9. The number of hydrogen-bond acceptors (Lipinski definition) is 6. The molecule has 0 bridgehead atoms. The summed E-state index contributed by atoms with van der Waals surface area (Å²) in [5.41, 5.74) is 2.22. The Labute approximate surface area is 257 Å². The van der Waals surface area contributed by atoms with Crippen molar-refractivity contribution < 1.29 is 22.5 Å². The number of anilines is 4. The molecule has 1 amide bonds. The van der Waals surface area contributed by atoms with E-state index in [1.807, 2.05) is 19.9 Å². The second kappa shape index (κ2) is 12.9. The minimum absolute atomic E-state index is 0.0356. The van der Waals surface area contributed by atoms with Crippen LogP contribution >= 0.6 is 7.14 Å². The molecule has 2 heterocycles. The second-order valence-electron chi connectivity index (χ2n) is 12.3. The first-order valence-corrected chi connectivity index (χ1v) is 17.6. The number of nitrogens with zero attached hydrogens (tertiary/aromatic N) is 3. The molecule has 0 radical (unpaired) electrons. The topological polar surface area (TPSA) is 87.2 Å². The lowest BCUT2D eigenvalue weighted by atomic mass is 9.77. The normalized spacial score (nSPS) is 18.8. The molecule has 1 fully saturated rings. The van der Waals surface area contributed by atoms with Crippen molar-refractivity contribution in [3.05, 3.63) is 64.8 Å². The Morgan fingerprint density at radius 2 is 1.64 bits per heavy atom. The van der Waals surface area contributed by atoms with Crippen LogP contribution in [-0.2, 0) is 17.3 Å². The van der Waals surface area contributed by atoms with Crippen LogP contribution in [0.5, 0.6) is 0 Å². The van der Waals surface area contributed by atoms with Crippen LogP contribution < -0.4 is 15.9 Å². The number of carbonyl (C=O) groups excluding carboxylic acids is 1. The molecule has 1 aliphatic heterocycles. The van der Waals surface area contributed by atoms with Crippen molar-refractivity contribution in [3.8, 4) is 0 Å². The average Bonchev–Trinajstić information content (AvgIpc) is 3.28. The molecule has 1 aliphatic carbocycles. The molecule has 1 saturated carbocycles. The number of alkyl halides is 3. The Bertz CT molecular complexity index is 1540. The van der Waals surface area contributed by atoms with Crippen molar-refractivity contribution in [2.75, 3.05) is 30.0 Å². The van der Waals surface area contributed by atoms with E-state index in [1.165, 1.54) is 0 Å². The first-order valence-electron chi connectivity index (χ1n) is 15.5. The molecular weight excluding hydrogens is 586 g/mol. The summed E-state index contributed by atoms with van der Waals surface area (Å²) in [7, 11) is -0.794. The minimum atomic E-state index is -4.72. The first kappa shape index (κ1) is 32.0. The number of hydrogen-bond donors (Lipinski definition) is 2. The van der Waals surface area contributed by atoms with Crippen LogP contribution in [0.4, 0.5) is 36.3 Å². The molecule has 44 heavy (non-hydrogen) atoms. The molecular formula is C33H41F3N5O2P. The summed E-state index contributed by atoms with van der Waals surface area (Å²) in [4.78, 5) is 23.0. The SMILES string of the molecule is CCCP(=O)(CCC)c1ccc(Nc2ncc(C(F)(F)F)c(Nc3ccc(C4CCC(C)CC4)c4c3C(=O)N(C)C4)n2)cc1.